The van der Waals surface area contributed by atoms with E-state index in [1.165, 1.54) is 24.5 Å². The smallest absolute Gasteiger partial charge is 0.418 e. The molecule has 0 spiro atoms. The fourth-order valence-corrected chi connectivity index (χ4v) is 3.03. The van der Waals surface area contributed by atoms with Crippen molar-refractivity contribution in [2.24, 2.45) is 0 Å². The first-order valence-corrected chi connectivity index (χ1v) is 9.84. The summed E-state index contributed by atoms with van der Waals surface area (Å²) in [6.45, 7) is 2.30. The third-order valence-electron chi connectivity index (χ3n) is 4.50. The molecule has 0 aliphatic heterocycles. The van der Waals surface area contributed by atoms with Crippen LogP contribution in [0.5, 0.6) is 5.75 Å². The number of ether oxygens (including phenoxy) is 1. The van der Waals surface area contributed by atoms with Gasteiger partial charge >= 0.3 is 6.18 Å². The molecule has 1 aromatic heterocycles. The second-order valence-corrected chi connectivity index (χ2v) is 6.78. The van der Waals surface area contributed by atoms with Crippen LogP contribution in [0.3, 0.4) is 0 Å². The number of nitrogens with one attached hydrogen (secondary N) is 2. The molecule has 0 aliphatic rings. The Morgan fingerprint density at radius 1 is 1.03 bits per heavy atom. The zero-order valence-electron chi connectivity index (χ0n) is 17.2. The van der Waals surface area contributed by atoms with Crippen LogP contribution < -0.4 is 15.4 Å². The summed E-state index contributed by atoms with van der Waals surface area (Å²) >= 11 is 0. The first-order chi connectivity index (χ1) is 15.3. The zero-order chi connectivity index (χ0) is 23.1. The van der Waals surface area contributed by atoms with Gasteiger partial charge in [0.15, 0.2) is 5.76 Å². The number of carbonyl (C=O) groups excluding carboxylic acids is 2. The number of rotatable bonds is 8. The van der Waals surface area contributed by atoms with E-state index in [0.29, 0.717) is 18.8 Å². The van der Waals surface area contributed by atoms with E-state index < -0.39 is 29.2 Å². The summed E-state index contributed by atoms with van der Waals surface area (Å²) in [5.41, 5.74) is -0.756. The molecule has 0 fully saturated rings. The van der Waals surface area contributed by atoms with E-state index in [-0.39, 0.29) is 17.9 Å². The fourth-order valence-electron chi connectivity index (χ4n) is 3.03. The van der Waals surface area contributed by atoms with Gasteiger partial charge in [-0.05, 0) is 55.3 Å². The summed E-state index contributed by atoms with van der Waals surface area (Å²) in [7, 11) is 0. The third-order valence-corrected chi connectivity index (χ3v) is 4.50. The van der Waals surface area contributed by atoms with Crippen LogP contribution in [0.2, 0.25) is 0 Å². The first-order valence-electron chi connectivity index (χ1n) is 9.84. The molecule has 168 valence electrons. The highest BCUT2D eigenvalue weighted by Crippen LogP contribution is 2.37. The quantitative estimate of drug-likeness (QED) is 0.477. The van der Waals surface area contributed by atoms with Crippen LogP contribution in [0.1, 0.15) is 35.0 Å². The van der Waals surface area contributed by atoms with Gasteiger partial charge < -0.3 is 19.8 Å². The lowest BCUT2D eigenvalue weighted by Gasteiger charge is -2.16. The number of alkyl halides is 3. The minimum absolute atomic E-state index is 0.0294. The number of hydrogen-bond donors (Lipinski definition) is 2. The number of anilines is 2. The minimum atomic E-state index is -4.74. The van der Waals surface area contributed by atoms with Gasteiger partial charge in [0.1, 0.15) is 5.75 Å². The number of benzene rings is 2. The Hall–Kier alpha value is -3.75. The molecule has 0 unspecified atom stereocenters. The van der Waals surface area contributed by atoms with Crippen LogP contribution in [0, 0.1) is 0 Å². The number of furan rings is 1. The molecule has 3 rings (SSSR count). The van der Waals surface area contributed by atoms with Crippen molar-refractivity contribution in [1.82, 2.24) is 0 Å². The standard InChI is InChI=1S/C23H21F3N2O4/c1-2-31-19-7-4-3-6-15(19)9-12-21(29)28-18-11-10-16(14-17(18)23(24,25)26)27-22(30)20-8-5-13-32-20/h3-8,10-11,13-14H,2,9,12H2,1H3,(H,27,30)(H,28,29). The summed E-state index contributed by atoms with van der Waals surface area (Å²) in [6, 6.07) is 13.2. The molecular weight excluding hydrogens is 425 g/mol. The summed E-state index contributed by atoms with van der Waals surface area (Å²) in [5, 5.41) is 4.66. The van der Waals surface area contributed by atoms with Crippen molar-refractivity contribution < 1.29 is 31.9 Å². The summed E-state index contributed by atoms with van der Waals surface area (Å²) < 4.78 is 51.2. The second-order valence-electron chi connectivity index (χ2n) is 6.78. The Morgan fingerprint density at radius 2 is 1.81 bits per heavy atom. The number of carbonyl (C=O) groups is 2. The van der Waals surface area contributed by atoms with Crippen molar-refractivity contribution >= 4 is 23.2 Å². The average Bonchev–Trinajstić information content (AvgIpc) is 3.29. The lowest BCUT2D eigenvalue weighted by Crippen LogP contribution is -2.18. The minimum Gasteiger partial charge on any atom is -0.494 e. The predicted octanol–water partition coefficient (Wildman–Crippen LogP) is 5.52. The Labute approximate surface area is 182 Å². The van der Waals surface area contributed by atoms with Gasteiger partial charge in [0, 0.05) is 12.1 Å². The van der Waals surface area contributed by atoms with E-state index in [2.05, 4.69) is 10.6 Å². The molecule has 2 N–H and O–H groups in total. The average molecular weight is 446 g/mol. The van der Waals surface area contributed by atoms with Crippen LogP contribution in [0.25, 0.3) is 0 Å². The van der Waals surface area contributed by atoms with Crippen molar-refractivity contribution in [3.8, 4) is 5.75 Å². The van der Waals surface area contributed by atoms with Crippen molar-refractivity contribution in [3.05, 3.63) is 77.7 Å². The normalized spacial score (nSPS) is 11.1. The molecule has 1 heterocycles. The number of amides is 2. The van der Waals surface area contributed by atoms with Crippen LogP contribution in [0.15, 0.2) is 65.3 Å². The topological polar surface area (TPSA) is 80.6 Å². The lowest BCUT2D eigenvalue weighted by atomic mass is 10.1. The molecule has 2 amide bonds. The van der Waals surface area contributed by atoms with Gasteiger partial charge in [0.25, 0.3) is 5.91 Å². The summed E-state index contributed by atoms with van der Waals surface area (Å²) in [6.07, 6.45) is -3.18. The molecule has 32 heavy (non-hydrogen) atoms. The maximum absolute atomic E-state index is 13.6. The third kappa shape index (κ3) is 5.90. The molecule has 2 aromatic carbocycles. The van der Waals surface area contributed by atoms with E-state index in [4.69, 9.17) is 9.15 Å². The van der Waals surface area contributed by atoms with Crippen molar-refractivity contribution in [2.75, 3.05) is 17.2 Å². The lowest BCUT2D eigenvalue weighted by molar-refractivity contribution is -0.136. The Kier molecular flexibility index (Phi) is 7.19. The highest BCUT2D eigenvalue weighted by atomic mass is 19.4. The van der Waals surface area contributed by atoms with Crippen LogP contribution in [-0.2, 0) is 17.4 Å². The summed E-state index contributed by atoms with van der Waals surface area (Å²) in [5.74, 6) is -0.666. The molecule has 0 saturated carbocycles. The molecule has 9 heteroatoms. The van der Waals surface area contributed by atoms with E-state index in [9.17, 15) is 22.8 Å². The highest BCUT2D eigenvalue weighted by molar-refractivity contribution is 6.02. The highest BCUT2D eigenvalue weighted by Gasteiger charge is 2.34. The number of hydrogen-bond acceptors (Lipinski definition) is 4. The van der Waals surface area contributed by atoms with Gasteiger partial charge in [-0.2, -0.15) is 13.2 Å². The van der Waals surface area contributed by atoms with E-state index in [1.54, 1.807) is 24.3 Å². The molecule has 0 aliphatic carbocycles. The van der Waals surface area contributed by atoms with Crippen molar-refractivity contribution in [2.45, 2.75) is 25.9 Å². The largest absolute Gasteiger partial charge is 0.494 e. The molecule has 0 radical (unpaired) electrons. The first kappa shape index (κ1) is 22.9. The molecule has 6 nitrogen and oxygen atoms in total. The van der Waals surface area contributed by atoms with E-state index >= 15 is 0 Å². The van der Waals surface area contributed by atoms with Gasteiger partial charge in [-0.1, -0.05) is 18.2 Å². The van der Waals surface area contributed by atoms with E-state index in [1.807, 2.05) is 6.92 Å². The zero-order valence-corrected chi connectivity index (χ0v) is 17.2. The van der Waals surface area contributed by atoms with E-state index in [0.717, 1.165) is 17.7 Å². The molecule has 0 bridgehead atoms. The van der Waals surface area contributed by atoms with Gasteiger partial charge in [0.2, 0.25) is 5.91 Å². The number of para-hydroxylation sites is 1. The van der Waals surface area contributed by atoms with Crippen LogP contribution in [0.4, 0.5) is 24.5 Å². The van der Waals surface area contributed by atoms with Crippen molar-refractivity contribution in [1.29, 1.82) is 0 Å². The second kappa shape index (κ2) is 10.0. The van der Waals surface area contributed by atoms with Gasteiger partial charge in [-0.15, -0.1) is 0 Å². The van der Waals surface area contributed by atoms with Crippen LogP contribution >= 0.6 is 0 Å². The molecule has 0 saturated heterocycles. The molecule has 0 atom stereocenters. The molecule has 3 aromatic rings. The summed E-state index contributed by atoms with van der Waals surface area (Å²) in [4.78, 5) is 24.4. The monoisotopic (exact) mass is 446 g/mol. The Balaban J connectivity index is 1.71. The maximum atomic E-state index is 13.6. The van der Waals surface area contributed by atoms with Gasteiger partial charge in [0.05, 0.1) is 24.1 Å². The maximum Gasteiger partial charge on any atom is 0.418 e. The van der Waals surface area contributed by atoms with Crippen molar-refractivity contribution in [3.63, 3.8) is 0 Å². The number of halogens is 3. The van der Waals surface area contributed by atoms with Crippen LogP contribution in [-0.4, -0.2) is 18.4 Å². The number of aryl methyl sites for hydroxylation is 1. The molecular formula is C23H21F3N2O4. The fraction of sp³-hybridized carbons (Fsp3) is 0.217. The van der Waals surface area contributed by atoms with Gasteiger partial charge in [-0.3, -0.25) is 9.59 Å². The predicted molar refractivity (Wildman–Crippen MR) is 113 cm³/mol. The SMILES string of the molecule is CCOc1ccccc1CCC(=O)Nc1ccc(NC(=O)c2ccco2)cc1C(F)(F)F. The Morgan fingerprint density at radius 3 is 2.50 bits per heavy atom. The van der Waals surface area contributed by atoms with Gasteiger partial charge in [-0.25, -0.2) is 0 Å². The Bertz CT molecular complexity index is 1080.